The Balaban J connectivity index is 1.52. The average molecular weight is 394 g/mol. The average Bonchev–Trinajstić information content (AvgIpc) is 2.73. The quantitative estimate of drug-likeness (QED) is 0.865. The molecule has 2 aromatic rings. The third-order valence-corrected chi connectivity index (χ3v) is 5.60. The maximum atomic E-state index is 13.0. The van der Waals surface area contributed by atoms with Crippen LogP contribution in [0.25, 0.3) is 0 Å². The van der Waals surface area contributed by atoms with Crippen LogP contribution in [-0.2, 0) is 24.1 Å². The van der Waals surface area contributed by atoms with Crippen LogP contribution in [0.2, 0.25) is 0 Å². The molecule has 0 atom stereocenters. The number of amides is 2. The van der Waals surface area contributed by atoms with Crippen molar-refractivity contribution in [1.82, 2.24) is 9.88 Å². The van der Waals surface area contributed by atoms with Crippen LogP contribution in [-0.4, -0.2) is 48.6 Å². The van der Waals surface area contributed by atoms with Crippen molar-refractivity contribution in [3.05, 3.63) is 52.8 Å². The van der Waals surface area contributed by atoms with Crippen molar-refractivity contribution in [1.29, 1.82) is 0 Å². The normalized spacial score (nSPS) is 15.4. The number of nitrogens with zero attached hydrogens (tertiary/aromatic N) is 3. The topological polar surface area (TPSA) is 74.8 Å². The van der Waals surface area contributed by atoms with E-state index in [0.717, 1.165) is 36.2 Å². The summed E-state index contributed by atoms with van der Waals surface area (Å²) in [5, 5.41) is 3.02. The van der Waals surface area contributed by atoms with E-state index in [1.165, 1.54) is 11.3 Å². The van der Waals surface area contributed by atoms with Gasteiger partial charge < -0.3 is 19.9 Å². The van der Waals surface area contributed by atoms with Crippen molar-refractivity contribution in [3.63, 3.8) is 0 Å². The molecule has 152 valence electrons. The van der Waals surface area contributed by atoms with Gasteiger partial charge in [0.1, 0.15) is 0 Å². The lowest BCUT2D eigenvalue weighted by Crippen LogP contribution is -2.37. The number of carbonyl (C=O) groups excluding carboxylic acids is 2. The molecule has 0 radical (unpaired) electrons. The van der Waals surface area contributed by atoms with Crippen molar-refractivity contribution in [2.75, 3.05) is 37.0 Å². The van der Waals surface area contributed by atoms with Crippen LogP contribution < -0.4 is 10.2 Å². The van der Waals surface area contributed by atoms with Gasteiger partial charge in [-0.05, 0) is 61.1 Å². The Bertz CT molecular complexity index is 944. The third kappa shape index (κ3) is 3.90. The monoisotopic (exact) mass is 394 g/mol. The van der Waals surface area contributed by atoms with Gasteiger partial charge in [0.25, 0.3) is 5.91 Å². The number of aromatic nitrogens is 1. The lowest BCUT2D eigenvalue weighted by Gasteiger charge is -2.29. The number of hydrogen-bond acceptors (Lipinski definition) is 5. The maximum Gasteiger partial charge on any atom is 0.410 e. The number of anilines is 2. The maximum absolute atomic E-state index is 13.0. The number of aryl methyl sites for hydroxylation is 1. The van der Waals surface area contributed by atoms with Crippen LogP contribution >= 0.6 is 0 Å². The molecule has 2 amide bonds. The molecule has 0 unspecified atom stereocenters. The molecule has 4 rings (SSSR count). The van der Waals surface area contributed by atoms with E-state index >= 15 is 0 Å². The second kappa shape index (κ2) is 8.11. The van der Waals surface area contributed by atoms with Gasteiger partial charge in [-0.1, -0.05) is 0 Å². The molecular formula is C22H26N4O3. The van der Waals surface area contributed by atoms with Gasteiger partial charge in [0.05, 0.1) is 18.7 Å². The number of rotatable bonds is 3. The van der Waals surface area contributed by atoms with Gasteiger partial charge in [-0.2, -0.15) is 0 Å². The van der Waals surface area contributed by atoms with Gasteiger partial charge in [-0.3, -0.25) is 9.78 Å². The summed E-state index contributed by atoms with van der Waals surface area (Å²) in [6.45, 7) is 4.14. The summed E-state index contributed by atoms with van der Waals surface area (Å²) < 4.78 is 5.09. The Morgan fingerprint density at radius 3 is 2.86 bits per heavy atom. The Morgan fingerprint density at radius 1 is 1.17 bits per heavy atom. The van der Waals surface area contributed by atoms with Crippen LogP contribution in [0.15, 0.2) is 30.6 Å². The lowest BCUT2D eigenvalue weighted by atomic mass is 9.96. The first-order chi connectivity index (χ1) is 14.1. The number of carbonyl (C=O) groups is 2. The molecule has 29 heavy (non-hydrogen) atoms. The molecule has 0 bridgehead atoms. The van der Waals surface area contributed by atoms with Gasteiger partial charge in [-0.25, -0.2) is 4.79 Å². The number of fused-ring (bicyclic) bond motifs is 2. The number of ether oxygens (including phenoxy) is 1. The highest BCUT2D eigenvalue weighted by Crippen LogP contribution is 2.29. The minimum Gasteiger partial charge on any atom is -0.450 e. The Morgan fingerprint density at radius 2 is 2.03 bits per heavy atom. The summed E-state index contributed by atoms with van der Waals surface area (Å²) in [7, 11) is 2.09. The molecule has 0 spiro atoms. The second-order valence-electron chi connectivity index (χ2n) is 7.52. The summed E-state index contributed by atoms with van der Waals surface area (Å²) in [5.41, 5.74) is 5.70. The SMILES string of the molecule is CCOC(=O)N1CCc2c(cncc2C(=O)Nc2ccc3c(c2)CCCN3C)C1. The van der Waals surface area contributed by atoms with E-state index in [-0.39, 0.29) is 12.0 Å². The molecule has 0 fully saturated rings. The third-order valence-electron chi connectivity index (χ3n) is 5.60. The highest BCUT2D eigenvalue weighted by Gasteiger charge is 2.25. The van der Waals surface area contributed by atoms with Gasteiger partial charge in [0, 0.05) is 43.9 Å². The molecule has 7 nitrogen and oxygen atoms in total. The molecule has 2 aliphatic rings. The predicted octanol–water partition coefficient (Wildman–Crippen LogP) is 3.23. The predicted molar refractivity (Wildman–Crippen MR) is 111 cm³/mol. The van der Waals surface area contributed by atoms with Gasteiger partial charge >= 0.3 is 6.09 Å². The van der Waals surface area contributed by atoms with E-state index in [4.69, 9.17) is 4.74 Å². The van der Waals surface area contributed by atoms with E-state index in [1.807, 2.05) is 6.07 Å². The summed E-state index contributed by atoms with van der Waals surface area (Å²) in [5.74, 6) is -0.164. The molecule has 0 aliphatic carbocycles. The first-order valence-electron chi connectivity index (χ1n) is 10.1. The van der Waals surface area contributed by atoms with Gasteiger partial charge in [-0.15, -0.1) is 0 Å². The smallest absolute Gasteiger partial charge is 0.410 e. The number of pyridine rings is 1. The van der Waals surface area contributed by atoms with E-state index in [1.54, 1.807) is 24.2 Å². The highest BCUT2D eigenvalue weighted by molar-refractivity contribution is 6.05. The molecule has 1 N–H and O–H groups in total. The van der Waals surface area contributed by atoms with Crippen LogP contribution in [0.4, 0.5) is 16.2 Å². The standard InChI is InChI=1S/C22H26N4O3/c1-3-29-22(28)26-10-8-18-16(14-26)12-23-13-19(18)21(27)24-17-6-7-20-15(11-17)5-4-9-25(20)2/h6-7,11-13H,3-5,8-10,14H2,1-2H3,(H,24,27). The van der Waals surface area contributed by atoms with Crippen LogP contribution in [0.1, 0.15) is 40.4 Å². The van der Waals surface area contributed by atoms with E-state index in [2.05, 4.69) is 34.4 Å². The Labute approximate surface area is 170 Å². The van der Waals surface area contributed by atoms with Crippen LogP contribution in [0.5, 0.6) is 0 Å². The molecule has 1 aromatic carbocycles. The van der Waals surface area contributed by atoms with Crippen LogP contribution in [0.3, 0.4) is 0 Å². The Kier molecular flexibility index (Phi) is 5.38. The van der Waals surface area contributed by atoms with Crippen molar-refractivity contribution < 1.29 is 14.3 Å². The van der Waals surface area contributed by atoms with Gasteiger partial charge in [0.2, 0.25) is 0 Å². The molecule has 3 heterocycles. The minimum absolute atomic E-state index is 0.164. The summed E-state index contributed by atoms with van der Waals surface area (Å²) in [6, 6.07) is 6.08. The summed E-state index contributed by atoms with van der Waals surface area (Å²) in [6.07, 6.45) is 5.76. The fraction of sp³-hybridized carbons (Fsp3) is 0.409. The molecule has 7 heteroatoms. The number of nitrogens with one attached hydrogen (secondary N) is 1. The minimum atomic E-state index is -0.327. The zero-order valence-electron chi connectivity index (χ0n) is 16.9. The lowest BCUT2D eigenvalue weighted by molar-refractivity contribution is 0.101. The molecule has 0 saturated carbocycles. The first kappa shape index (κ1) is 19.2. The highest BCUT2D eigenvalue weighted by atomic mass is 16.6. The van der Waals surface area contributed by atoms with Crippen molar-refractivity contribution in [3.8, 4) is 0 Å². The van der Waals surface area contributed by atoms with Crippen molar-refractivity contribution >= 4 is 23.4 Å². The molecule has 0 saturated heterocycles. The second-order valence-corrected chi connectivity index (χ2v) is 7.52. The zero-order valence-corrected chi connectivity index (χ0v) is 16.9. The zero-order chi connectivity index (χ0) is 20.4. The van der Waals surface area contributed by atoms with E-state index < -0.39 is 0 Å². The summed E-state index contributed by atoms with van der Waals surface area (Å²) in [4.78, 5) is 33.1. The van der Waals surface area contributed by atoms with E-state index in [0.29, 0.717) is 31.7 Å². The summed E-state index contributed by atoms with van der Waals surface area (Å²) >= 11 is 0. The van der Waals surface area contributed by atoms with Crippen molar-refractivity contribution in [2.24, 2.45) is 0 Å². The van der Waals surface area contributed by atoms with E-state index in [9.17, 15) is 9.59 Å². The fourth-order valence-corrected chi connectivity index (χ4v) is 4.12. The van der Waals surface area contributed by atoms with Crippen molar-refractivity contribution in [2.45, 2.75) is 32.7 Å². The number of benzene rings is 1. The molecular weight excluding hydrogens is 368 g/mol. The Hall–Kier alpha value is -3.09. The van der Waals surface area contributed by atoms with Crippen LogP contribution in [0, 0.1) is 0 Å². The largest absolute Gasteiger partial charge is 0.450 e. The molecule has 1 aromatic heterocycles. The van der Waals surface area contributed by atoms with Gasteiger partial charge in [0.15, 0.2) is 0 Å². The first-order valence-corrected chi connectivity index (χ1v) is 10.1. The molecule has 2 aliphatic heterocycles. The number of hydrogen-bond donors (Lipinski definition) is 1. The fourth-order valence-electron chi connectivity index (χ4n) is 4.12.